The number of methoxy groups -OCH3 is 1. The number of nitrogens with zero attached hydrogens (tertiary/aromatic N) is 1. The van der Waals surface area contributed by atoms with Crippen LogP contribution in [0.3, 0.4) is 0 Å². The van der Waals surface area contributed by atoms with Gasteiger partial charge in [-0.25, -0.2) is 17.1 Å². The topological polar surface area (TPSA) is 55.8 Å². The van der Waals surface area contributed by atoms with Gasteiger partial charge in [0.25, 0.3) is 0 Å². The molecule has 0 aromatic heterocycles. The summed E-state index contributed by atoms with van der Waals surface area (Å²) in [5.74, 6) is 0.392. The van der Waals surface area contributed by atoms with Crippen molar-refractivity contribution in [1.29, 1.82) is 0 Å². The van der Waals surface area contributed by atoms with E-state index in [4.69, 9.17) is 9.47 Å². The van der Waals surface area contributed by atoms with Gasteiger partial charge in [-0.1, -0.05) is 30.3 Å². The highest BCUT2D eigenvalue weighted by atomic mass is 32.2. The molecule has 1 heterocycles. The predicted octanol–water partition coefficient (Wildman–Crippen LogP) is 3.26. The van der Waals surface area contributed by atoms with Crippen LogP contribution in [0, 0.1) is 12.2 Å². The first-order chi connectivity index (χ1) is 13.0. The summed E-state index contributed by atoms with van der Waals surface area (Å²) in [5, 5.41) is 0. The van der Waals surface area contributed by atoms with Gasteiger partial charge < -0.3 is 9.47 Å². The Balaban J connectivity index is 1.53. The maximum atomic E-state index is 13.3. The van der Waals surface area contributed by atoms with Gasteiger partial charge in [-0.15, -0.1) is 0 Å². The number of hydrogen-bond acceptors (Lipinski definition) is 4. The molecule has 0 atom stereocenters. The van der Waals surface area contributed by atoms with Gasteiger partial charge in [-0.05, 0) is 30.5 Å². The summed E-state index contributed by atoms with van der Waals surface area (Å²) in [5.41, 5.74) is 0.891. The largest absolute Gasteiger partial charge is 0.493 e. The molecule has 0 spiro atoms. The van der Waals surface area contributed by atoms with Crippen LogP contribution in [0.15, 0.2) is 48.5 Å². The fraction of sp³-hybridized carbons (Fsp3) is 0.350. The van der Waals surface area contributed by atoms with E-state index in [0.29, 0.717) is 37.4 Å². The van der Waals surface area contributed by atoms with E-state index in [-0.39, 0.29) is 11.9 Å². The molecule has 0 amide bonds. The number of benzene rings is 2. The molecule has 0 aliphatic carbocycles. The second-order valence-electron chi connectivity index (χ2n) is 6.40. The van der Waals surface area contributed by atoms with E-state index in [0.717, 1.165) is 5.56 Å². The number of hydrogen-bond donors (Lipinski definition) is 0. The molecule has 0 saturated carbocycles. The molecule has 2 aromatic carbocycles. The minimum absolute atomic E-state index is 0.0195. The Morgan fingerprint density at radius 3 is 2.48 bits per heavy atom. The Hall–Kier alpha value is -2.12. The quantitative estimate of drug-likeness (QED) is 0.726. The van der Waals surface area contributed by atoms with Crippen LogP contribution in [0.5, 0.6) is 11.5 Å². The Labute approximate surface area is 159 Å². The van der Waals surface area contributed by atoms with Gasteiger partial charge in [0.2, 0.25) is 10.0 Å². The second kappa shape index (κ2) is 8.71. The molecule has 2 aromatic rings. The summed E-state index contributed by atoms with van der Waals surface area (Å²) >= 11 is 0. The van der Waals surface area contributed by atoms with Gasteiger partial charge in [0.05, 0.1) is 12.9 Å². The third kappa shape index (κ3) is 5.20. The van der Waals surface area contributed by atoms with E-state index in [1.54, 1.807) is 6.42 Å². The van der Waals surface area contributed by atoms with Crippen molar-refractivity contribution >= 4 is 10.0 Å². The van der Waals surface area contributed by atoms with Crippen LogP contribution in [0.2, 0.25) is 0 Å². The zero-order valence-corrected chi connectivity index (χ0v) is 16.0. The Bertz CT molecular complexity index is 850. The number of halogens is 1. The van der Waals surface area contributed by atoms with Crippen LogP contribution in [0.25, 0.3) is 0 Å². The van der Waals surface area contributed by atoms with Crippen molar-refractivity contribution in [3.63, 3.8) is 0 Å². The van der Waals surface area contributed by atoms with Crippen LogP contribution < -0.4 is 9.47 Å². The number of ether oxygens (including phenoxy) is 2. The zero-order valence-electron chi connectivity index (χ0n) is 15.2. The van der Waals surface area contributed by atoms with Crippen molar-refractivity contribution in [3.05, 3.63) is 66.3 Å². The molecule has 145 valence electrons. The summed E-state index contributed by atoms with van der Waals surface area (Å²) in [6.07, 6.45) is 2.74. The lowest BCUT2D eigenvalue weighted by Crippen LogP contribution is -2.42. The molecule has 27 heavy (non-hydrogen) atoms. The minimum atomic E-state index is -3.35. The number of sulfonamides is 1. The molecule has 5 nitrogen and oxygen atoms in total. The van der Waals surface area contributed by atoms with Gasteiger partial charge in [0.15, 0.2) is 11.5 Å². The van der Waals surface area contributed by atoms with Crippen LogP contribution in [0.1, 0.15) is 18.4 Å². The number of rotatable bonds is 7. The van der Waals surface area contributed by atoms with Gasteiger partial charge in [0.1, 0.15) is 11.9 Å². The van der Waals surface area contributed by atoms with Crippen molar-refractivity contribution in [2.24, 2.45) is 0 Å². The monoisotopic (exact) mass is 392 g/mol. The summed E-state index contributed by atoms with van der Waals surface area (Å²) < 4.78 is 50.9. The van der Waals surface area contributed by atoms with Crippen molar-refractivity contribution in [2.45, 2.75) is 18.9 Å². The molecule has 1 fully saturated rings. The normalized spacial score (nSPS) is 16.2. The smallest absolute Gasteiger partial charge is 0.214 e. The first kappa shape index (κ1) is 19.6. The van der Waals surface area contributed by atoms with Crippen LogP contribution in [-0.4, -0.2) is 44.8 Å². The Morgan fingerprint density at radius 2 is 1.81 bits per heavy atom. The fourth-order valence-corrected chi connectivity index (χ4v) is 4.42. The minimum Gasteiger partial charge on any atom is -0.493 e. The third-order valence-corrected chi connectivity index (χ3v) is 6.28. The number of piperidine rings is 1. The van der Waals surface area contributed by atoms with E-state index in [1.165, 1.54) is 29.6 Å². The highest BCUT2D eigenvalue weighted by Crippen LogP contribution is 2.30. The van der Waals surface area contributed by atoms with Crippen LogP contribution in [-0.2, 0) is 10.0 Å². The summed E-state index contributed by atoms with van der Waals surface area (Å²) in [7, 11) is -1.89. The maximum Gasteiger partial charge on any atom is 0.214 e. The third-order valence-electron chi connectivity index (χ3n) is 4.54. The summed E-state index contributed by atoms with van der Waals surface area (Å²) in [6.45, 7) is 0.804. The predicted molar refractivity (Wildman–Crippen MR) is 102 cm³/mol. The van der Waals surface area contributed by atoms with Gasteiger partial charge >= 0.3 is 0 Å². The van der Waals surface area contributed by atoms with E-state index in [1.807, 2.05) is 30.3 Å². The highest BCUT2D eigenvalue weighted by molar-refractivity contribution is 7.89. The standard InChI is InChI=1S/C20H23FNO4S/c1-25-20-15-17(21)7-8-19(20)26-18-9-12-22(13-10-18)27(23,24)14-11-16-5-3-2-4-6-16/h2-8,11,15,18H,9-10,12-14H2,1H3. The molecule has 1 aliphatic heterocycles. The van der Waals surface area contributed by atoms with Crippen molar-refractivity contribution in [2.75, 3.05) is 26.0 Å². The lowest BCUT2D eigenvalue weighted by Gasteiger charge is -2.31. The lowest BCUT2D eigenvalue weighted by molar-refractivity contribution is 0.131. The van der Waals surface area contributed by atoms with Crippen molar-refractivity contribution < 1.29 is 22.3 Å². The molecule has 7 heteroatoms. The second-order valence-corrected chi connectivity index (χ2v) is 8.42. The summed E-state index contributed by atoms with van der Waals surface area (Å²) in [4.78, 5) is 0. The Morgan fingerprint density at radius 1 is 1.11 bits per heavy atom. The maximum absolute atomic E-state index is 13.3. The summed E-state index contributed by atoms with van der Waals surface area (Å²) in [6, 6.07) is 13.5. The van der Waals surface area contributed by atoms with Crippen molar-refractivity contribution in [1.82, 2.24) is 4.31 Å². The zero-order chi connectivity index (χ0) is 19.3. The van der Waals surface area contributed by atoms with E-state index >= 15 is 0 Å². The molecule has 3 rings (SSSR count). The lowest BCUT2D eigenvalue weighted by atomic mass is 10.1. The van der Waals surface area contributed by atoms with Crippen molar-refractivity contribution in [3.8, 4) is 11.5 Å². The van der Waals surface area contributed by atoms with Crippen LogP contribution >= 0.6 is 0 Å². The molecule has 1 aliphatic rings. The SMILES string of the molecule is COc1cc(F)ccc1OC1CCN(S(=O)(=O)C[CH]c2ccccc2)CC1. The van der Waals surface area contributed by atoms with E-state index < -0.39 is 15.8 Å². The van der Waals surface area contributed by atoms with Crippen LogP contribution in [0.4, 0.5) is 4.39 Å². The molecule has 0 bridgehead atoms. The molecule has 1 saturated heterocycles. The van der Waals surface area contributed by atoms with Gasteiger partial charge in [-0.3, -0.25) is 0 Å². The van der Waals surface area contributed by atoms with E-state index in [9.17, 15) is 12.8 Å². The average molecular weight is 392 g/mol. The molecule has 1 radical (unpaired) electrons. The molecular weight excluding hydrogens is 369 g/mol. The first-order valence-electron chi connectivity index (χ1n) is 8.84. The van der Waals surface area contributed by atoms with E-state index in [2.05, 4.69) is 0 Å². The highest BCUT2D eigenvalue weighted by Gasteiger charge is 2.29. The molecule has 0 N–H and O–H groups in total. The first-order valence-corrected chi connectivity index (χ1v) is 10.4. The van der Waals surface area contributed by atoms with Gasteiger partial charge in [-0.2, -0.15) is 0 Å². The fourth-order valence-electron chi connectivity index (χ4n) is 3.04. The average Bonchev–Trinajstić information content (AvgIpc) is 2.69. The van der Waals surface area contributed by atoms with Gasteiger partial charge in [0, 0.05) is 25.6 Å². The molecule has 0 unspecified atom stereocenters. The Kier molecular flexibility index (Phi) is 6.34. The molecular formula is C20H23FNO4S.